The van der Waals surface area contributed by atoms with Gasteiger partial charge in [-0.3, -0.25) is 9.48 Å². The molecule has 0 fully saturated rings. The van der Waals surface area contributed by atoms with Gasteiger partial charge in [0.1, 0.15) is 0 Å². The number of nitrogens with one attached hydrogen (secondary N) is 1. The molecule has 1 amide bonds. The Bertz CT molecular complexity index is 574. The Morgan fingerprint density at radius 1 is 1.62 bits per heavy atom. The first-order valence-electron chi connectivity index (χ1n) is 7.00. The van der Waals surface area contributed by atoms with E-state index in [9.17, 15) is 4.79 Å². The molecular formula is C14H22N6O. The largest absolute Gasteiger partial charge is 0.370 e. The summed E-state index contributed by atoms with van der Waals surface area (Å²) in [4.78, 5) is 15.5. The number of amides is 1. The van der Waals surface area contributed by atoms with E-state index < -0.39 is 5.91 Å². The molecule has 7 heteroatoms. The van der Waals surface area contributed by atoms with Crippen molar-refractivity contribution >= 4 is 11.9 Å². The summed E-state index contributed by atoms with van der Waals surface area (Å²) in [5.74, 6) is 0.380. The molecule has 1 aliphatic heterocycles. The molecule has 1 aliphatic rings. The zero-order chi connectivity index (χ0) is 15.4. The van der Waals surface area contributed by atoms with Crippen LogP contribution in [0.4, 0.5) is 0 Å². The second-order valence-electron chi connectivity index (χ2n) is 5.49. The molecule has 0 aliphatic carbocycles. The van der Waals surface area contributed by atoms with Gasteiger partial charge in [-0.15, -0.1) is 0 Å². The summed E-state index contributed by atoms with van der Waals surface area (Å²) in [5.41, 5.74) is 13.6. The highest BCUT2D eigenvalue weighted by molar-refractivity contribution is 5.93. The molecule has 5 N–H and O–H groups in total. The molecule has 2 heterocycles. The van der Waals surface area contributed by atoms with E-state index >= 15 is 0 Å². The van der Waals surface area contributed by atoms with Gasteiger partial charge in [0.25, 0.3) is 5.91 Å². The first-order valence-corrected chi connectivity index (χ1v) is 7.00. The van der Waals surface area contributed by atoms with Crippen molar-refractivity contribution in [1.29, 1.82) is 0 Å². The maximum atomic E-state index is 11.4. The molecule has 1 aromatic heterocycles. The summed E-state index contributed by atoms with van der Waals surface area (Å²) in [5, 5.41) is 7.31. The van der Waals surface area contributed by atoms with Crippen LogP contribution in [0, 0.1) is 5.92 Å². The molecule has 0 spiro atoms. The number of primary amides is 1. The van der Waals surface area contributed by atoms with Gasteiger partial charge in [0.05, 0.1) is 24.0 Å². The Labute approximate surface area is 124 Å². The van der Waals surface area contributed by atoms with E-state index in [0.717, 1.165) is 37.2 Å². The van der Waals surface area contributed by atoms with Crippen molar-refractivity contribution in [3.63, 3.8) is 0 Å². The van der Waals surface area contributed by atoms with E-state index in [1.54, 1.807) is 6.20 Å². The number of hydrogen-bond donors (Lipinski definition) is 3. The van der Waals surface area contributed by atoms with Gasteiger partial charge in [-0.2, -0.15) is 5.10 Å². The Morgan fingerprint density at radius 3 is 3.05 bits per heavy atom. The minimum atomic E-state index is -0.424. The lowest BCUT2D eigenvalue weighted by Gasteiger charge is -2.24. The average molecular weight is 290 g/mol. The van der Waals surface area contributed by atoms with E-state index in [2.05, 4.69) is 22.0 Å². The molecule has 1 aromatic rings. The minimum absolute atomic E-state index is 0.380. The van der Waals surface area contributed by atoms with Gasteiger partial charge in [0, 0.05) is 13.1 Å². The molecule has 1 atom stereocenters. The Morgan fingerprint density at radius 2 is 2.38 bits per heavy atom. The van der Waals surface area contributed by atoms with Crippen LogP contribution in [0.25, 0.3) is 0 Å². The van der Waals surface area contributed by atoms with Crippen LogP contribution < -0.4 is 16.8 Å². The lowest BCUT2D eigenvalue weighted by molar-refractivity contribution is 0.0998. The second-order valence-corrected chi connectivity index (χ2v) is 5.49. The Balaban J connectivity index is 1.92. The van der Waals surface area contributed by atoms with Crippen molar-refractivity contribution in [3.05, 3.63) is 29.6 Å². The summed E-state index contributed by atoms with van der Waals surface area (Å²) < 4.78 is 1.86. The topological polar surface area (TPSA) is 111 Å². The van der Waals surface area contributed by atoms with Crippen molar-refractivity contribution in [2.75, 3.05) is 13.1 Å². The highest BCUT2D eigenvalue weighted by Crippen LogP contribution is 2.22. The second kappa shape index (κ2) is 6.43. The molecule has 2 rings (SSSR count). The van der Waals surface area contributed by atoms with Crippen molar-refractivity contribution in [3.8, 4) is 0 Å². The van der Waals surface area contributed by atoms with Crippen LogP contribution in [0.2, 0.25) is 0 Å². The van der Waals surface area contributed by atoms with Crippen molar-refractivity contribution in [1.82, 2.24) is 15.1 Å². The normalized spacial score (nSPS) is 18.1. The van der Waals surface area contributed by atoms with Gasteiger partial charge in [-0.05, 0) is 25.7 Å². The highest BCUT2D eigenvalue weighted by Gasteiger charge is 2.24. The smallest absolute Gasteiger partial charge is 0.252 e. The molecule has 0 aromatic carbocycles. The number of carbonyl (C=O) groups excluding carboxylic acids is 1. The zero-order valence-corrected chi connectivity index (χ0v) is 12.3. The average Bonchev–Trinajstić information content (AvgIpc) is 2.86. The predicted molar refractivity (Wildman–Crippen MR) is 81.9 cm³/mol. The number of aliphatic imine (C=N–C) groups is 1. The van der Waals surface area contributed by atoms with Crippen LogP contribution >= 0.6 is 0 Å². The van der Waals surface area contributed by atoms with E-state index in [4.69, 9.17) is 11.5 Å². The van der Waals surface area contributed by atoms with Crippen LogP contribution in [0.5, 0.6) is 0 Å². The summed E-state index contributed by atoms with van der Waals surface area (Å²) in [6.07, 6.45) is 3.29. The molecule has 0 radical (unpaired) electrons. The number of nitrogens with two attached hydrogens (primary N) is 2. The van der Waals surface area contributed by atoms with E-state index in [1.165, 1.54) is 0 Å². The third-order valence-corrected chi connectivity index (χ3v) is 3.54. The van der Waals surface area contributed by atoms with Gasteiger partial charge in [0.2, 0.25) is 0 Å². The van der Waals surface area contributed by atoms with E-state index in [1.807, 2.05) is 11.6 Å². The number of aryl methyl sites for hydroxylation is 1. The molecule has 0 saturated heterocycles. The molecule has 21 heavy (non-hydrogen) atoms. The number of rotatable bonds is 5. The first-order chi connectivity index (χ1) is 9.97. The molecule has 0 bridgehead atoms. The summed E-state index contributed by atoms with van der Waals surface area (Å²) in [7, 11) is 0. The molecular weight excluding hydrogens is 268 g/mol. The SMILES string of the molecule is C=C(C)CN=C(N)NCC1CCn2ncc(C(N)=O)c2C1. The van der Waals surface area contributed by atoms with Crippen LogP contribution in [0.15, 0.2) is 23.3 Å². The Hall–Kier alpha value is -2.31. The molecule has 1 unspecified atom stereocenters. The predicted octanol–water partition coefficient (Wildman–Crippen LogP) is 0.0248. The Kier molecular flexibility index (Phi) is 4.62. The first kappa shape index (κ1) is 15.1. The number of nitrogens with zero attached hydrogens (tertiary/aromatic N) is 3. The van der Waals surface area contributed by atoms with E-state index in [0.29, 0.717) is 24.0 Å². The van der Waals surface area contributed by atoms with Crippen LogP contribution in [0.1, 0.15) is 29.4 Å². The number of aromatic nitrogens is 2. The van der Waals surface area contributed by atoms with Crippen molar-refractivity contribution in [2.45, 2.75) is 26.3 Å². The number of hydrogen-bond acceptors (Lipinski definition) is 3. The lowest BCUT2D eigenvalue weighted by atomic mass is 9.94. The quantitative estimate of drug-likeness (QED) is 0.403. The fourth-order valence-electron chi connectivity index (χ4n) is 2.40. The van der Waals surface area contributed by atoms with Gasteiger partial charge in [-0.25, -0.2) is 4.99 Å². The number of carbonyl (C=O) groups is 1. The van der Waals surface area contributed by atoms with E-state index in [-0.39, 0.29) is 0 Å². The van der Waals surface area contributed by atoms with Crippen molar-refractivity contribution in [2.24, 2.45) is 22.4 Å². The third kappa shape index (κ3) is 3.84. The highest BCUT2D eigenvalue weighted by atomic mass is 16.1. The van der Waals surface area contributed by atoms with Crippen LogP contribution in [0.3, 0.4) is 0 Å². The molecule has 7 nitrogen and oxygen atoms in total. The zero-order valence-electron chi connectivity index (χ0n) is 12.3. The van der Waals surface area contributed by atoms with Crippen molar-refractivity contribution < 1.29 is 4.79 Å². The minimum Gasteiger partial charge on any atom is -0.370 e. The fraction of sp³-hybridized carbons (Fsp3) is 0.500. The standard InChI is InChI=1S/C14H22N6O/c1-9(2)6-17-14(16)18-7-10-3-4-20-12(5-10)11(8-19-20)13(15)21/h8,10H,1,3-7H2,2H3,(H2,15,21)(H3,16,17,18). The van der Waals surface area contributed by atoms with Gasteiger partial charge in [0.15, 0.2) is 5.96 Å². The van der Waals surface area contributed by atoms with Crippen LogP contribution in [-0.4, -0.2) is 34.7 Å². The molecule has 114 valence electrons. The molecule has 0 saturated carbocycles. The number of fused-ring (bicyclic) bond motifs is 1. The maximum absolute atomic E-state index is 11.4. The van der Waals surface area contributed by atoms with Gasteiger partial charge in [-0.1, -0.05) is 12.2 Å². The monoisotopic (exact) mass is 290 g/mol. The van der Waals surface area contributed by atoms with Crippen LogP contribution in [-0.2, 0) is 13.0 Å². The summed E-state index contributed by atoms with van der Waals surface area (Å²) in [6.45, 7) is 7.72. The number of guanidine groups is 1. The third-order valence-electron chi connectivity index (χ3n) is 3.54. The summed E-state index contributed by atoms with van der Waals surface area (Å²) >= 11 is 0. The fourth-order valence-corrected chi connectivity index (χ4v) is 2.40. The maximum Gasteiger partial charge on any atom is 0.252 e. The van der Waals surface area contributed by atoms with Gasteiger partial charge < -0.3 is 16.8 Å². The lowest BCUT2D eigenvalue weighted by Crippen LogP contribution is -2.38. The van der Waals surface area contributed by atoms with Gasteiger partial charge >= 0.3 is 0 Å². The summed E-state index contributed by atoms with van der Waals surface area (Å²) in [6, 6.07) is 0.